The van der Waals surface area contributed by atoms with Gasteiger partial charge in [0.2, 0.25) is 5.91 Å². The summed E-state index contributed by atoms with van der Waals surface area (Å²) in [6, 6.07) is 16.1. The Kier molecular flexibility index (Phi) is 3.91. The number of amides is 1. The summed E-state index contributed by atoms with van der Waals surface area (Å²) in [5, 5.41) is 3.06. The lowest BCUT2D eigenvalue weighted by Gasteiger charge is -2.26. The number of carbonyl (C=O) groups is 1. The number of hydrogen-bond donors (Lipinski definition) is 1. The molecule has 0 aliphatic carbocycles. The van der Waals surface area contributed by atoms with Gasteiger partial charge in [0.25, 0.3) is 0 Å². The van der Waals surface area contributed by atoms with Crippen LogP contribution in [0.15, 0.2) is 48.5 Å². The zero-order chi connectivity index (χ0) is 14.7. The number of nitrogens with one attached hydrogen (secondary N) is 1. The number of para-hydroxylation sites is 1. The maximum absolute atomic E-state index is 12.1. The van der Waals surface area contributed by atoms with E-state index in [0.29, 0.717) is 13.0 Å². The Balaban J connectivity index is 1.59. The van der Waals surface area contributed by atoms with Crippen LogP contribution in [0.5, 0.6) is 5.75 Å². The van der Waals surface area contributed by atoms with Crippen LogP contribution in [0.3, 0.4) is 0 Å². The fourth-order valence-corrected chi connectivity index (χ4v) is 2.71. The number of benzene rings is 2. The van der Waals surface area contributed by atoms with Gasteiger partial charge in [0.15, 0.2) is 0 Å². The lowest BCUT2D eigenvalue weighted by atomic mass is 10.0. The SMILES string of the molecule is Cc1cccc(CC(=O)NC2COc3ccccc3C2)c1. The highest BCUT2D eigenvalue weighted by Gasteiger charge is 2.20. The van der Waals surface area contributed by atoms with Crippen molar-refractivity contribution in [1.82, 2.24) is 5.32 Å². The number of carbonyl (C=O) groups excluding carboxylic acids is 1. The standard InChI is InChI=1S/C18H19NO2/c1-13-5-4-6-14(9-13)10-18(20)19-16-11-15-7-2-3-8-17(15)21-12-16/h2-9,16H,10-12H2,1H3,(H,19,20). The molecule has 1 amide bonds. The molecule has 3 nitrogen and oxygen atoms in total. The van der Waals surface area contributed by atoms with Crippen molar-refractivity contribution in [1.29, 1.82) is 0 Å². The predicted molar refractivity (Wildman–Crippen MR) is 82.5 cm³/mol. The van der Waals surface area contributed by atoms with Crippen molar-refractivity contribution in [3.8, 4) is 5.75 Å². The lowest BCUT2D eigenvalue weighted by molar-refractivity contribution is -0.121. The highest BCUT2D eigenvalue weighted by atomic mass is 16.5. The number of fused-ring (bicyclic) bond motifs is 1. The summed E-state index contributed by atoms with van der Waals surface area (Å²) >= 11 is 0. The molecule has 0 saturated heterocycles. The van der Waals surface area contributed by atoms with Gasteiger partial charge in [-0.2, -0.15) is 0 Å². The summed E-state index contributed by atoms with van der Waals surface area (Å²) in [4.78, 5) is 12.1. The number of aryl methyl sites for hydroxylation is 1. The summed E-state index contributed by atoms with van der Waals surface area (Å²) in [6.45, 7) is 2.57. The van der Waals surface area contributed by atoms with Crippen LogP contribution in [0.25, 0.3) is 0 Å². The molecule has 1 heterocycles. The molecule has 0 fully saturated rings. The summed E-state index contributed by atoms with van der Waals surface area (Å²) < 4.78 is 5.69. The zero-order valence-electron chi connectivity index (χ0n) is 12.1. The fraction of sp³-hybridized carbons (Fsp3) is 0.278. The molecule has 0 bridgehead atoms. The lowest BCUT2D eigenvalue weighted by Crippen LogP contribution is -2.43. The average Bonchev–Trinajstić information content (AvgIpc) is 2.47. The van der Waals surface area contributed by atoms with E-state index in [1.165, 1.54) is 5.56 Å². The Labute approximate surface area is 124 Å². The summed E-state index contributed by atoms with van der Waals surface area (Å²) in [7, 11) is 0. The van der Waals surface area contributed by atoms with Crippen LogP contribution in [0.2, 0.25) is 0 Å². The Hall–Kier alpha value is -2.29. The quantitative estimate of drug-likeness (QED) is 0.939. The van der Waals surface area contributed by atoms with Crippen LogP contribution in [0.1, 0.15) is 16.7 Å². The maximum atomic E-state index is 12.1. The van der Waals surface area contributed by atoms with E-state index in [1.54, 1.807) is 0 Å². The molecule has 1 aliphatic heterocycles. The second kappa shape index (κ2) is 6.00. The normalized spacial score (nSPS) is 16.7. The van der Waals surface area contributed by atoms with E-state index in [-0.39, 0.29) is 11.9 Å². The monoisotopic (exact) mass is 281 g/mol. The Morgan fingerprint density at radius 1 is 1.24 bits per heavy atom. The molecule has 21 heavy (non-hydrogen) atoms. The molecule has 0 spiro atoms. The first-order valence-corrected chi connectivity index (χ1v) is 7.26. The highest BCUT2D eigenvalue weighted by molar-refractivity contribution is 5.79. The molecule has 1 atom stereocenters. The minimum atomic E-state index is 0.0496. The number of rotatable bonds is 3. The highest BCUT2D eigenvalue weighted by Crippen LogP contribution is 2.23. The summed E-state index contributed by atoms with van der Waals surface area (Å²) in [5.74, 6) is 0.982. The molecule has 1 aliphatic rings. The molecular weight excluding hydrogens is 262 g/mol. The minimum absolute atomic E-state index is 0.0496. The molecule has 108 valence electrons. The second-order valence-corrected chi connectivity index (χ2v) is 5.55. The molecule has 2 aromatic carbocycles. The minimum Gasteiger partial charge on any atom is -0.491 e. The second-order valence-electron chi connectivity index (χ2n) is 5.55. The van der Waals surface area contributed by atoms with Crippen molar-refractivity contribution in [2.24, 2.45) is 0 Å². The predicted octanol–water partition coefficient (Wildman–Crippen LogP) is 2.66. The van der Waals surface area contributed by atoms with Crippen molar-refractivity contribution >= 4 is 5.91 Å². The Morgan fingerprint density at radius 2 is 2.10 bits per heavy atom. The smallest absolute Gasteiger partial charge is 0.224 e. The summed E-state index contributed by atoms with van der Waals surface area (Å²) in [5.41, 5.74) is 3.38. The largest absolute Gasteiger partial charge is 0.491 e. The van der Waals surface area contributed by atoms with E-state index < -0.39 is 0 Å². The molecule has 3 heteroatoms. The van der Waals surface area contributed by atoms with Gasteiger partial charge in [0.1, 0.15) is 12.4 Å². The van der Waals surface area contributed by atoms with E-state index in [1.807, 2.05) is 55.5 Å². The van der Waals surface area contributed by atoms with Crippen LogP contribution in [-0.2, 0) is 17.6 Å². The van der Waals surface area contributed by atoms with Crippen molar-refractivity contribution < 1.29 is 9.53 Å². The van der Waals surface area contributed by atoms with Crippen molar-refractivity contribution in [2.45, 2.75) is 25.8 Å². The van der Waals surface area contributed by atoms with Gasteiger partial charge >= 0.3 is 0 Å². The van der Waals surface area contributed by atoms with Gasteiger partial charge in [-0.3, -0.25) is 4.79 Å². The van der Waals surface area contributed by atoms with Crippen molar-refractivity contribution in [3.05, 3.63) is 65.2 Å². The van der Waals surface area contributed by atoms with Gasteiger partial charge in [-0.25, -0.2) is 0 Å². The van der Waals surface area contributed by atoms with Crippen molar-refractivity contribution in [3.63, 3.8) is 0 Å². The molecule has 0 radical (unpaired) electrons. The van der Waals surface area contributed by atoms with Crippen LogP contribution in [0.4, 0.5) is 0 Å². The van der Waals surface area contributed by atoms with E-state index in [4.69, 9.17) is 4.74 Å². The van der Waals surface area contributed by atoms with Gasteiger partial charge < -0.3 is 10.1 Å². The van der Waals surface area contributed by atoms with E-state index >= 15 is 0 Å². The summed E-state index contributed by atoms with van der Waals surface area (Å²) in [6.07, 6.45) is 1.25. The first kappa shape index (κ1) is 13.7. The third-order valence-corrected chi connectivity index (χ3v) is 3.69. The van der Waals surface area contributed by atoms with Gasteiger partial charge in [0.05, 0.1) is 12.5 Å². The Morgan fingerprint density at radius 3 is 2.95 bits per heavy atom. The molecular formula is C18H19NO2. The molecule has 3 rings (SSSR count). The van der Waals surface area contributed by atoms with E-state index in [9.17, 15) is 4.79 Å². The Bertz CT molecular complexity index is 651. The van der Waals surface area contributed by atoms with Gasteiger partial charge in [-0.15, -0.1) is 0 Å². The van der Waals surface area contributed by atoms with Crippen LogP contribution >= 0.6 is 0 Å². The van der Waals surface area contributed by atoms with Crippen LogP contribution < -0.4 is 10.1 Å². The molecule has 0 aromatic heterocycles. The molecule has 0 saturated carbocycles. The maximum Gasteiger partial charge on any atom is 0.224 e. The van der Waals surface area contributed by atoms with Crippen molar-refractivity contribution in [2.75, 3.05) is 6.61 Å². The molecule has 2 aromatic rings. The van der Waals surface area contributed by atoms with Gasteiger partial charge in [-0.1, -0.05) is 48.0 Å². The van der Waals surface area contributed by atoms with E-state index in [0.717, 1.165) is 23.3 Å². The topological polar surface area (TPSA) is 38.3 Å². The van der Waals surface area contributed by atoms with Crippen LogP contribution in [-0.4, -0.2) is 18.6 Å². The molecule has 1 unspecified atom stereocenters. The van der Waals surface area contributed by atoms with Gasteiger partial charge in [-0.05, 0) is 30.5 Å². The first-order valence-electron chi connectivity index (χ1n) is 7.26. The van der Waals surface area contributed by atoms with E-state index in [2.05, 4.69) is 5.32 Å². The first-order chi connectivity index (χ1) is 10.2. The molecule has 1 N–H and O–H groups in total. The third kappa shape index (κ3) is 3.43. The number of hydrogen-bond acceptors (Lipinski definition) is 2. The fourth-order valence-electron chi connectivity index (χ4n) is 2.71. The number of ether oxygens (including phenoxy) is 1. The average molecular weight is 281 g/mol. The van der Waals surface area contributed by atoms with Crippen LogP contribution in [0, 0.1) is 6.92 Å². The third-order valence-electron chi connectivity index (χ3n) is 3.69. The van der Waals surface area contributed by atoms with Gasteiger partial charge in [0, 0.05) is 0 Å². The zero-order valence-corrected chi connectivity index (χ0v) is 12.1.